The Balaban J connectivity index is 2.59. The molecule has 1 aliphatic rings. The van der Waals surface area contributed by atoms with Crippen molar-refractivity contribution in [1.82, 2.24) is 9.21 Å². The lowest BCUT2D eigenvalue weighted by Gasteiger charge is -2.29. The molecule has 1 fully saturated rings. The molecular formula is C9H12Cl3N3O3S2. The Bertz CT molecular complexity index is 430. The van der Waals surface area contributed by atoms with E-state index in [-0.39, 0.29) is 17.7 Å². The minimum atomic E-state index is -1.67. The number of rotatable bonds is 2. The van der Waals surface area contributed by atoms with Crippen molar-refractivity contribution < 1.29 is 14.4 Å². The van der Waals surface area contributed by atoms with Crippen molar-refractivity contribution in [3.05, 3.63) is 0 Å². The summed E-state index contributed by atoms with van der Waals surface area (Å²) in [6, 6.07) is -0.250. The molecule has 1 aliphatic heterocycles. The van der Waals surface area contributed by atoms with Gasteiger partial charge in [-0.05, 0) is 6.92 Å². The minimum Gasteiger partial charge on any atom is -0.336 e. The van der Waals surface area contributed by atoms with Crippen LogP contribution in [0.15, 0.2) is 5.16 Å². The van der Waals surface area contributed by atoms with Crippen LogP contribution in [0.2, 0.25) is 0 Å². The van der Waals surface area contributed by atoms with E-state index in [1.165, 1.54) is 23.7 Å². The Kier molecular flexibility index (Phi) is 6.59. The predicted octanol–water partition coefficient (Wildman–Crippen LogP) is 2.94. The van der Waals surface area contributed by atoms with Gasteiger partial charge in [-0.15, -0.1) is 0 Å². The van der Waals surface area contributed by atoms with Gasteiger partial charge in [0.15, 0.2) is 0 Å². The van der Waals surface area contributed by atoms with Gasteiger partial charge >= 0.3 is 6.09 Å². The standard InChI is InChI=1S/C9H12Cl3N3O3S2/c1-5-7(19-4-6(16)14(5)2)13-18-8(17)15(3)20-9(10,11)12/h5H,4H2,1-3H3. The minimum absolute atomic E-state index is 0.00310. The summed E-state index contributed by atoms with van der Waals surface area (Å²) in [5.41, 5.74) is 0. The zero-order valence-electron chi connectivity index (χ0n) is 10.8. The Morgan fingerprint density at radius 2 is 2.20 bits per heavy atom. The van der Waals surface area contributed by atoms with Crippen LogP contribution < -0.4 is 0 Å². The average molecular weight is 381 g/mol. The van der Waals surface area contributed by atoms with E-state index >= 15 is 0 Å². The van der Waals surface area contributed by atoms with Gasteiger partial charge in [0, 0.05) is 26.0 Å². The van der Waals surface area contributed by atoms with Crippen LogP contribution >= 0.6 is 58.5 Å². The molecule has 2 amide bonds. The molecule has 1 rings (SSSR count). The van der Waals surface area contributed by atoms with Crippen LogP contribution in [0.25, 0.3) is 0 Å². The van der Waals surface area contributed by atoms with E-state index in [4.69, 9.17) is 39.6 Å². The van der Waals surface area contributed by atoms with Gasteiger partial charge in [0.1, 0.15) is 5.04 Å². The molecule has 0 saturated carbocycles. The first kappa shape index (κ1) is 18.0. The molecular weight excluding hydrogens is 369 g/mol. The van der Waals surface area contributed by atoms with Crippen LogP contribution in [0, 0.1) is 0 Å². The van der Waals surface area contributed by atoms with Crippen LogP contribution in [-0.4, -0.2) is 55.3 Å². The molecule has 1 unspecified atom stereocenters. The third kappa shape index (κ3) is 5.40. The first-order valence-electron chi connectivity index (χ1n) is 5.28. The topological polar surface area (TPSA) is 62.2 Å². The molecule has 0 aromatic rings. The lowest BCUT2D eigenvalue weighted by Crippen LogP contribution is -2.44. The van der Waals surface area contributed by atoms with Gasteiger partial charge in [-0.1, -0.05) is 51.7 Å². The molecule has 0 aromatic carbocycles. The highest BCUT2D eigenvalue weighted by Crippen LogP contribution is 2.40. The predicted molar refractivity (Wildman–Crippen MR) is 84.3 cm³/mol. The van der Waals surface area contributed by atoms with Crippen LogP contribution in [0.5, 0.6) is 0 Å². The highest BCUT2D eigenvalue weighted by Gasteiger charge is 2.30. The van der Waals surface area contributed by atoms with Gasteiger partial charge in [-0.2, -0.15) is 0 Å². The number of halogens is 3. The number of hydrogen-bond donors (Lipinski definition) is 0. The second kappa shape index (κ2) is 7.31. The van der Waals surface area contributed by atoms with E-state index in [1.54, 1.807) is 14.0 Å². The van der Waals surface area contributed by atoms with E-state index in [0.717, 1.165) is 4.31 Å². The summed E-state index contributed by atoms with van der Waals surface area (Å²) in [4.78, 5) is 29.4. The first-order valence-corrected chi connectivity index (χ1v) is 8.18. The lowest BCUT2D eigenvalue weighted by atomic mass is 10.3. The van der Waals surface area contributed by atoms with E-state index in [0.29, 0.717) is 17.0 Å². The smallest absolute Gasteiger partial charge is 0.336 e. The van der Waals surface area contributed by atoms with Crippen LogP contribution in [0.4, 0.5) is 4.79 Å². The molecule has 114 valence electrons. The van der Waals surface area contributed by atoms with Gasteiger partial charge in [0.25, 0.3) is 3.12 Å². The highest BCUT2D eigenvalue weighted by atomic mass is 35.6. The molecule has 6 nitrogen and oxygen atoms in total. The highest BCUT2D eigenvalue weighted by molar-refractivity contribution is 8.14. The summed E-state index contributed by atoms with van der Waals surface area (Å²) < 4.78 is -0.648. The summed E-state index contributed by atoms with van der Waals surface area (Å²) in [5.74, 6) is 0.257. The molecule has 20 heavy (non-hydrogen) atoms. The summed E-state index contributed by atoms with van der Waals surface area (Å²) in [7, 11) is 3.05. The van der Waals surface area contributed by atoms with E-state index < -0.39 is 9.22 Å². The van der Waals surface area contributed by atoms with Gasteiger partial charge < -0.3 is 4.90 Å². The SMILES string of the molecule is CC1C(=NOC(=O)N(C)SC(Cl)(Cl)Cl)SCC(=O)N1C. The van der Waals surface area contributed by atoms with Crippen LogP contribution in [0.3, 0.4) is 0 Å². The second-order valence-corrected chi connectivity index (χ2v) is 9.08. The molecule has 0 bridgehead atoms. The number of oxime groups is 1. The van der Waals surface area contributed by atoms with Crippen molar-refractivity contribution in [1.29, 1.82) is 0 Å². The summed E-state index contributed by atoms with van der Waals surface area (Å²) in [6.45, 7) is 1.79. The largest absolute Gasteiger partial charge is 0.445 e. The van der Waals surface area contributed by atoms with Crippen LogP contribution in [-0.2, 0) is 9.63 Å². The number of thioether (sulfide) groups is 1. The number of nitrogens with zero attached hydrogens (tertiary/aromatic N) is 3. The maximum absolute atomic E-state index is 11.6. The molecule has 1 saturated heterocycles. The van der Waals surface area contributed by atoms with Gasteiger partial charge in [0.05, 0.1) is 11.8 Å². The molecule has 0 aliphatic carbocycles. The zero-order chi connectivity index (χ0) is 15.5. The number of amides is 2. The monoisotopic (exact) mass is 379 g/mol. The molecule has 1 heterocycles. The fourth-order valence-electron chi connectivity index (χ4n) is 1.18. The molecule has 0 aromatic heterocycles. The maximum atomic E-state index is 11.6. The van der Waals surface area contributed by atoms with Gasteiger partial charge in [0.2, 0.25) is 5.91 Å². The number of alkyl halides is 3. The average Bonchev–Trinajstić information content (AvgIpc) is 2.32. The molecule has 11 heteroatoms. The van der Waals surface area contributed by atoms with E-state index in [1.807, 2.05) is 0 Å². The van der Waals surface area contributed by atoms with Crippen molar-refractivity contribution in [2.75, 3.05) is 19.8 Å². The summed E-state index contributed by atoms with van der Waals surface area (Å²) in [5, 5.41) is 4.29. The van der Waals surface area contributed by atoms with Crippen molar-refractivity contribution in [3.8, 4) is 0 Å². The first-order chi connectivity index (χ1) is 9.11. The molecule has 0 spiro atoms. The summed E-state index contributed by atoms with van der Waals surface area (Å²) >= 11 is 18.5. The third-order valence-electron chi connectivity index (χ3n) is 2.39. The molecule has 1 atom stereocenters. The van der Waals surface area contributed by atoms with Crippen molar-refractivity contribution in [2.24, 2.45) is 5.16 Å². The quantitative estimate of drug-likeness (QED) is 0.319. The summed E-state index contributed by atoms with van der Waals surface area (Å²) in [6.07, 6.45) is -0.777. The van der Waals surface area contributed by atoms with Gasteiger partial charge in [-0.25, -0.2) is 9.10 Å². The third-order valence-corrected chi connectivity index (χ3v) is 4.74. The number of carbonyl (C=O) groups excluding carboxylic acids is 2. The van der Waals surface area contributed by atoms with Crippen molar-refractivity contribution in [2.45, 2.75) is 16.1 Å². The maximum Gasteiger partial charge on any atom is 0.445 e. The van der Waals surface area contributed by atoms with E-state index in [9.17, 15) is 9.59 Å². The fraction of sp³-hybridized carbons (Fsp3) is 0.667. The lowest BCUT2D eigenvalue weighted by molar-refractivity contribution is -0.127. The molecule has 0 N–H and O–H groups in total. The Morgan fingerprint density at radius 3 is 2.75 bits per heavy atom. The zero-order valence-corrected chi connectivity index (χ0v) is 14.7. The molecule has 0 radical (unpaired) electrons. The fourth-order valence-corrected chi connectivity index (χ4v) is 3.49. The van der Waals surface area contributed by atoms with Crippen LogP contribution in [0.1, 0.15) is 6.92 Å². The van der Waals surface area contributed by atoms with E-state index in [2.05, 4.69) is 5.16 Å². The Labute approximate surface area is 140 Å². The second-order valence-electron chi connectivity index (χ2n) is 3.79. The van der Waals surface area contributed by atoms with Gasteiger partial charge in [-0.3, -0.25) is 9.63 Å². The number of carbonyl (C=O) groups is 2. The Hall–Kier alpha value is -0.0200. The van der Waals surface area contributed by atoms with Crippen molar-refractivity contribution >= 4 is 75.6 Å². The normalized spacial score (nSPS) is 22.1. The Morgan fingerprint density at radius 1 is 1.60 bits per heavy atom. The number of hydrogen-bond acceptors (Lipinski definition) is 6. The van der Waals surface area contributed by atoms with Crippen molar-refractivity contribution in [3.63, 3.8) is 0 Å².